The first-order valence-electron chi connectivity index (χ1n) is 5.76. The largest absolute Gasteiger partial charge is 0.497 e. The second-order valence-electron chi connectivity index (χ2n) is 3.91. The zero-order chi connectivity index (χ0) is 15.5. The fourth-order valence-electron chi connectivity index (χ4n) is 1.56. The molecule has 1 aromatic carbocycles. The van der Waals surface area contributed by atoms with Crippen LogP contribution in [0.25, 0.3) is 0 Å². The molecule has 10 heteroatoms. The highest BCUT2D eigenvalue weighted by Gasteiger charge is 2.20. The Labute approximate surface area is 126 Å². The Morgan fingerprint density at radius 2 is 2.05 bits per heavy atom. The highest BCUT2D eigenvalue weighted by molar-refractivity contribution is 7.91. The van der Waals surface area contributed by atoms with Crippen LogP contribution >= 0.6 is 11.3 Å². The van der Waals surface area contributed by atoms with Crippen LogP contribution in [0.4, 0.5) is 5.13 Å². The van der Waals surface area contributed by atoms with E-state index in [-0.39, 0.29) is 16.0 Å². The molecular formula is C11H14N4O4S2. The maximum atomic E-state index is 12.0. The summed E-state index contributed by atoms with van der Waals surface area (Å²) in [4.78, 5) is 0. The van der Waals surface area contributed by atoms with Crippen molar-refractivity contribution in [1.29, 1.82) is 0 Å². The van der Waals surface area contributed by atoms with Crippen molar-refractivity contribution in [3.8, 4) is 11.5 Å². The lowest BCUT2D eigenvalue weighted by atomic mass is 10.2. The normalized spacial score (nSPS) is 11.3. The van der Waals surface area contributed by atoms with E-state index in [0.717, 1.165) is 11.3 Å². The first-order valence-corrected chi connectivity index (χ1v) is 8.06. The summed E-state index contributed by atoms with van der Waals surface area (Å²) in [5, 5.41) is 7.09. The molecule has 0 fully saturated rings. The van der Waals surface area contributed by atoms with Crippen LogP contribution in [0.5, 0.6) is 11.5 Å². The molecule has 8 nitrogen and oxygen atoms in total. The molecule has 0 radical (unpaired) electrons. The second kappa shape index (κ2) is 6.24. The molecule has 0 saturated heterocycles. The number of aromatic nitrogens is 2. The van der Waals surface area contributed by atoms with Crippen molar-refractivity contribution >= 4 is 26.5 Å². The van der Waals surface area contributed by atoms with Crippen molar-refractivity contribution in [1.82, 2.24) is 14.9 Å². The van der Waals surface area contributed by atoms with Gasteiger partial charge in [0.1, 0.15) is 11.5 Å². The second-order valence-corrected chi connectivity index (χ2v) is 6.86. The van der Waals surface area contributed by atoms with Crippen molar-refractivity contribution < 1.29 is 17.9 Å². The average molecular weight is 330 g/mol. The van der Waals surface area contributed by atoms with Crippen molar-refractivity contribution in [3.05, 3.63) is 23.8 Å². The molecule has 1 aromatic heterocycles. The molecule has 0 aliphatic heterocycles. The molecule has 0 amide bonds. The maximum absolute atomic E-state index is 12.0. The molecule has 0 unspecified atom stereocenters. The number of nitrogens with one attached hydrogen (secondary N) is 1. The van der Waals surface area contributed by atoms with E-state index < -0.39 is 10.0 Å². The van der Waals surface area contributed by atoms with Crippen LogP contribution in [0, 0.1) is 0 Å². The summed E-state index contributed by atoms with van der Waals surface area (Å²) >= 11 is 0.800. The van der Waals surface area contributed by atoms with Gasteiger partial charge in [0.2, 0.25) is 9.47 Å². The summed E-state index contributed by atoms with van der Waals surface area (Å²) in [6.07, 6.45) is 0. The van der Waals surface area contributed by atoms with E-state index in [2.05, 4.69) is 14.9 Å². The predicted octanol–water partition coefficient (Wildman–Crippen LogP) is 0.616. The highest BCUT2D eigenvalue weighted by Crippen LogP contribution is 2.25. The summed E-state index contributed by atoms with van der Waals surface area (Å²) in [6.45, 7) is 0.0506. The number of nitrogens with two attached hydrogens (primary N) is 1. The van der Waals surface area contributed by atoms with Crippen molar-refractivity contribution in [2.75, 3.05) is 20.0 Å². The summed E-state index contributed by atoms with van der Waals surface area (Å²) in [6, 6.07) is 5.11. The van der Waals surface area contributed by atoms with Gasteiger partial charge < -0.3 is 15.2 Å². The van der Waals surface area contributed by atoms with Crippen LogP contribution < -0.4 is 19.9 Å². The third-order valence-corrected chi connectivity index (χ3v) is 5.12. The number of benzene rings is 1. The van der Waals surface area contributed by atoms with E-state index in [1.807, 2.05) is 0 Å². The highest BCUT2D eigenvalue weighted by atomic mass is 32.2. The van der Waals surface area contributed by atoms with Gasteiger partial charge in [-0.05, 0) is 6.07 Å². The lowest BCUT2D eigenvalue weighted by Crippen LogP contribution is -2.23. The minimum Gasteiger partial charge on any atom is -0.497 e. The van der Waals surface area contributed by atoms with Crippen LogP contribution in [0.1, 0.15) is 5.56 Å². The van der Waals surface area contributed by atoms with Gasteiger partial charge in [0, 0.05) is 18.2 Å². The Bertz CT molecular complexity index is 730. The fourth-order valence-corrected chi connectivity index (χ4v) is 3.39. The van der Waals surface area contributed by atoms with Gasteiger partial charge in [-0.2, -0.15) is 0 Å². The maximum Gasteiger partial charge on any atom is 0.270 e. The van der Waals surface area contributed by atoms with E-state index in [1.165, 1.54) is 14.2 Å². The topological polar surface area (TPSA) is 116 Å². The minimum absolute atomic E-state index is 0.0506. The molecule has 1 heterocycles. The van der Waals surface area contributed by atoms with Gasteiger partial charge in [0.15, 0.2) is 0 Å². The van der Waals surface area contributed by atoms with Gasteiger partial charge in [-0.3, -0.25) is 0 Å². The number of nitrogen functional groups attached to an aromatic ring is 1. The molecular weight excluding hydrogens is 316 g/mol. The molecule has 0 saturated carbocycles. The molecule has 2 aromatic rings. The number of ether oxygens (including phenoxy) is 2. The number of rotatable bonds is 6. The quantitative estimate of drug-likeness (QED) is 0.797. The number of methoxy groups -OCH3 is 2. The number of nitrogens with zero attached hydrogens (tertiary/aromatic N) is 2. The van der Waals surface area contributed by atoms with E-state index in [1.54, 1.807) is 18.2 Å². The predicted molar refractivity (Wildman–Crippen MR) is 77.9 cm³/mol. The van der Waals surface area contributed by atoms with Crippen LogP contribution in [0.2, 0.25) is 0 Å². The summed E-state index contributed by atoms with van der Waals surface area (Å²) in [5.74, 6) is 1.14. The number of sulfonamides is 1. The molecule has 114 valence electrons. The third-order valence-electron chi connectivity index (χ3n) is 2.60. The van der Waals surface area contributed by atoms with Crippen molar-refractivity contribution in [2.24, 2.45) is 0 Å². The van der Waals surface area contributed by atoms with Gasteiger partial charge in [-0.1, -0.05) is 17.4 Å². The minimum atomic E-state index is -3.75. The number of hydrogen-bond acceptors (Lipinski definition) is 8. The Morgan fingerprint density at radius 1 is 1.29 bits per heavy atom. The third kappa shape index (κ3) is 3.60. The van der Waals surface area contributed by atoms with Gasteiger partial charge in [0.25, 0.3) is 10.0 Å². The zero-order valence-electron chi connectivity index (χ0n) is 11.4. The van der Waals surface area contributed by atoms with Gasteiger partial charge in [-0.25, -0.2) is 13.1 Å². The summed E-state index contributed by atoms with van der Waals surface area (Å²) in [5.41, 5.74) is 6.05. The zero-order valence-corrected chi connectivity index (χ0v) is 13.0. The van der Waals surface area contributed by atoms with E-state index in [4.69, 9.17) is 15.2 Å². The molecule has 0 bridgehead atoms. The van der Waals surface area contributed by atoms with Gasteiger partial charge >= 0.3 is 0 Å². The van der Waals surface area contributed by atoms with Gasteiger partial charge in [-0.15, -0.1) is 10.2 Å². The monoisotopic (exact) mass is 330 g/mol. The Kier molecular flexibility index (Phi) is 4.60. The first-order chi connectivity index (χ1) is 9.96. The Balaban J connectivity index is 2.16. The lowest BCUT2D eigenvalue weighted by Gasteiger charge is -2.10. The Hall–Kier alpha value is -1.91. The van der Waals surface area contributed by atoms with E-state index in [9.17, 15) is 8.42 Å². The average Bonchev–Trinajstić information content (AvgIpc) is 2.92. The molecule has 21 heavy (non-hydrogen) atoms. The molecule has 0 aliphatic rings. The van der Waals surface area contributed by atoms with Crippen LogP contribution in [-0.4, -0.2) is 32.8 Å². The van der Waals surface area contributed by atoms with Gasteiger partial charge in [0.05, 0.1) is 14.2 Å². The molecule has 0 spiro atoms. The smallest absolute Gasteiger partial charge is 0.270 e. The first kappa shape index (κ1) is 15.5. The van der Waals surface area contributed by atoms with E-state index in [0.29, 0.717) is 17.1 Å². The molecule has 3 N–H and O–H groups in total. The summed E-state index contributed by atoms with van der Waals surface area (Å²) in [7, 11) is -0.713. The summed E-state index contributed by atoms with van der Waals surface area (Å²) < 4.78 is 36.6. The fraction of sp³-hybridized carbons (Fsp3) is 0.273. The van der Waals surface area contributed by atoms with E-state index >= 15 is 0 Å². The standard InChI is InChI=1S/C11H14N4O4S2/c1-18-8-4-3-7(9(5-8)19-2)6-13-21(16,17)11-15-14-10(12)20-11/h3-5,13H,6H2,1-2H3,(H2,12,14). The number of anilines is 1. The SMILES string of the molecule is COc1ccc(CNS(=O)(=O)c2nnc(N)s2)c(OC)c1. The van der Waals surface area contributed by atoms with Crippen LogP contribution in [0.15, 0.2) is 22.5 Å². The molecule has 2 rings (SSSR count). The molecule has 0 aliphatic carbocycles. The van der Waals surface area contributed by atoms with Crippen molar-refractivity contribution in [3.63, 3.8) is 0 Å². The van der Waals surface area contributed by atoms with Crippen molar-refractivity contribution in [2.45, 2.75) is 10.9 Å². The lowest BCUT2D eigenvalue weighted by molar-refractivity contribution is 0.390. The van der Waals surface area contributed by atoms with Crippen LogP contribution in [-0.2, 0) is 16.6 Å². The van der Waals surface area contributed by atoms with Crippen LogP contribution in [0.3, 0.4) is 0 Å². The molecule has 0 atom stereocenters. The Morgan fingerprint density at radius 3 is 2.62 bits per heavy atom. The number of hydrogen-bond donors (Lipinski definition) is 2.